The molecule has 0 heterocycles. The van der Waals surface area contributed by atoms with E-state index in [1.807, 2.05) is 6.92 Å². The summed E-state index contributed by atoms with van der Waals surface area (Å²) in [5.41, 5.74) is 0. The molecule has 0 saturated heterocycles. The topological polar surface area (TPSA) is 69.7 Å². The summed E-state index contributed by atoms with van der Waals surface area (Å²) in [6.07, 6.45) is 1.66. The van der Waals surface area contributed by atoms with E-state index in [0.717, 1.165) is 6.42 Å². The molecule has 0 radical (unpaired) electrons. The molecule has 0 amide bonds. The molecular weight excluding hydrogens is 224 g/mol. The van der Waals surface area contributed by atoms with Crippen LogP contribution in [0, 0.1) is 5.92 Å². The molecular formula is C12H20O5. The Morgan fingerprint density at radius 1 is 0.941 bits per heavy atom. The Morgan fingerprint density at radius 3 is 1.76 bits per heavy atom. The molecule has 0 unspecified atom stereocenters. The predicted molar refractivity (Wildman–Crippen MR) is 61.3 cm³/mol. The lowest BCUT2D eigenvalue weighted by molar-refractivity contribution is -0.164. The number of hydrogen-bond donors (Lipinski definition) is 0. The molecule has 0 spiro atoms. The molecule has 98 valence electrons. The molecule has 0 aromatic heterocycles. The third kappa shape index (κ3) is 5.47. The Labute approximate surface area is 101 Å². The van der Waals surface area contributed by atoms with Gasteiger partial charge in [0.1, 0.15) is 0 Å². The third-order valence-electron chi connectivity index (χ3n) is 2.14. The van der Waals surface area contributed by atoms with E-state index in [-0.39, 0.29) is 19.6 Å². The number of hydrogen-bond acceptors (Lipinski definition) is 5. The van der Waals surface area contributed by atoms with Gasteiger partial charge >= 0.3 is 11.9 Å². The molecule has 17 heavy (non-hydrogen) atoms. The molecule has 0 bridgehead atoms. The lowest BCUT2D eigenvalue weighted by atomic mass is 10.00. The fraction of sp³-hybridized carbons (Fsp3) is 0.750. The smallest absolute Gasteiger partial charge is 0.328 e. The molecule has 0 aliphatic heterocycles. The van der Waals surface area contributed by atoms with Crippen molar-refractivity contribution in [2.24, 2.45) is 5.92 Å². The first-order chi connectivity index (χ1) is 8.08. The second-order valence-corrected chi connectivity index (χ2v) is 3.51. The van der Waals surface area contributed by atoms with E-state index < -0.39 is 23.6 Å². The van der Waals surface area contributed by atoms with Gasteiger partial charge in [-0.05, 0) is 20.3 Å². The standard InChI is InChI=1S/C12H20O5/c1-4-7-8-9(13)10(11(14)16-5-2)12(15)17-6-3/h10H,4-8H2,1-3H3. The first-order valence-electron chi connectivity index (χ1n) is 5.94. The summed E-state index contributed by atoms with van der Waals surface area (Å²) in [7, 11) is 0. The van der Waals surface area contributed by atoms with Crippen LogP contribution in [0.3, 0.4) is 0 Å². The van der Waals surface area contributed by atoms with E-state index in [2.05, 4.69) is 0 Å². The molecule has 0 saturated carbocycles. The highest BCUT2D eigenvalue weighted by molar-refractivity contribution is 6.14. The molecule has 5 heteroatoms. The normalized spacial score (nSPS) is 10.1. The van der Waals surface area contributed by atoms with Crippen molar-refractivity contribution >= 4 is 17.7 Å². The van der Waals surface area contributed by atoms with Crippen molar-refractivity contribution in [3.8, 4) is 0 Å². The Balaban J connectivity index is 4.65. The van der Waals surface area contributed by atoms with Crippen LogP contribution >= 0.6 is 0 Å². The largest absolute Gasteiger partial charge is 0.465 e. The maximum Gasteiger partial charge on any atom is 0.328 e. The van der Waals surface area contributed by atoms with Crippen molar-refractivity contribution in [3.05, 3.63) is 0 Å². The van der Waals surface area contributed by atoms with Crippen molar-refractivity contribution in [1.82, 2.24) is 0 Å². The van der Waals surface area contributed by atoms with Gasteiger partial charge in [-0.1, -0.05) is 13.3 Å². The van der Waals surface area contributed by atoms with E-state index in [1.165, 1.54) is 0 Å². The fourth-order valence-corrected chi connectivity index (χ4v) is 1.31. The SMILES string of the molecule is CCCCC(=O)C(C(=O)OCC)C(=O)OCC. The van der Waals surface area contributed by atoms with Gasteiger partial charge in [-0.25, -0.2) is 0 Å². The van der Waals surface area contributed by atoms with Crippen molar-refractivity contribution in [2.45, 2.75) is 40.0 Å². The molecule has 0 rings (SSSR count). The Hall–Kier alpha value is -1.39. The van der Waals surface area contributed by atoms with Crippen LogP contribution in [0.15, 0.2) is 0 Å². The number of carbonyl (C=O) groups is 3. The highest BCUT2D eigenvalue weighted by atomic mass is 16.6. The van der Waals surface area contributed by atoms with Crippen LogP contribution in [-0.4, -0.2) is 30.9 Å². The summed E-state index contributed by atoms with van der Waals surface area (Å²) < 4.78 is 9.42. The highest BCUT2D eigenvalue weighted by Crippen LogP contribution is 2.10. The molecule has 0 aliphatic carbocycles. The van der Waals surface area contributed by atoms with Crippen LogP contribution in [0.4, 0.5) is 0 Å². The Morgan fingerprint density at radius 2 is 1.41 bits per heavy atom. The summed E-state index contributed by atoms with van der Waals surface area (Å²) in [5, 5.41) is 0. The first kappa shape index (κ1) is 15.6. The summed E-state index contributed by atoms with van der Waals surface area (Å²) in [6, 6.07) is 0. The van der Waals surface area contributed by atoms with Gasteiger partial charge in [-0.15, -0.1) is 0 Å². The van der Waals surface area contributed by atoms with Crippen LogP contribution in [-0.2, 0) is 23.9 Å². The summed E-state index contributed by atoms with van der Waals surface area (Å²) in [5.74, 6) is -3.47. The fourth-order valence-electron chi connectivity index (χ4n) is 1.31. The molecule has 0 fully saturated rings. The van der Waals surface area contributed by atoms with E-state index in [0.29, 0.717) is 6.42 Å². The van der Waals surface area contributed by atoms with E-state index in [1.54, 1.807) is 13.8 Å². The molecule has 0 aromatic rings. The van der Waals surface area contributed by atoms with E-state index in [4.69, 9.17) is 9.47 Å². The van der Waals surface area contributed by atoms with Crippen LogP contribution in [0.1, 0.15) is 40.0 Å². The third-order valence-corrected chi connectivity index (χ3v) is 2.14. The lowest BCUT2D eigenvalue weighted by Gasteiger charge is -2.12. The summed E-state index contributed by atoms with van der Waals surface area (Å²) in [4.78, 5) is 34.8. The van der Waals surface area contributed by atoms with Crippen LogP contribution < -0.4 is 0 Å². The summed E-state index contributed by atoms with van der Waals surface area (Å²) >= 11 is 0. The molecule has 5 nitrogen and oxygen atoms in total. The lowest BCUT2D eigenvalue weighted by Crippen LogP contribution is -2.34. The van der Waals surface area contributed by atoms with Crippen molar-refractivity contribution in [2.75, 3.05) is 13.2 Å². The highest BCUT2D eigenvalue weighted by Gasteiger charge is 2.35. The summed E-state index contributed by atoms with van der Waals surface area (Å²) in [6.45, 7) is 5.44. The number of ether oxygens (including phenoxy) is 2. The predicted octanol–water partition coefficient (Wildman–Crippen LogP) is 1.49. The van der Waals surface area contributed by atoms with Crippen LogP contribution in [0.5, 0.6) is 0 Å². The van der Waals surface area contributed by atoms with Gasteiger partial charge in [0.05, 0.1) is 13.2 Å². The van der Waals surface area contributed by atoms with Crippen LogP contribution in [0.25, 0.3) is 0 Å². The van der Waals surface area contributed by atoms with E-state index in [9.17, 15) is 14.4 Å². The Bertz CT molecular complexity index is 254. The average molecular weight is 244 g/mol. The van der Waals surface area contributed by atoms with Gasteiger partial charge in [0.15, 0.2) is 5.78 Å². The maximum absolute atomic E-state index is 11.7. The Kier molecular flexibility index (Phi) is 8.01. The minimum Gasteiger partial charge on any atom is -0.465 e. The molecule has 0 aromatic carbocycles. The van der Waals surface area contributed by atoms with Gasteiger partial charge in [0, 0.05) is 6.42 Å². The van der Waals surface area contributed by atoms with Crippen molar-refractivity contribution < 1.29 is 23.9 Å². The zero-order valence-corrected chi connectivity index (χ0v) is 10.7. The number of carbonyl (C=O) groups excluding carboxylic acids is 3. The van der Waals surface area contributed by atoms with Gasteiger partial charge in [-0.2, -0.15) is 0 Å². The van der Waals surface area contributed by atoms with Gasteiger partial charge in [-0.3, -0.25) is 14.4 Å². The van der Waals surface area contributed by atoms with Crippen molar-refractivity contribution in [1.29, 1.82) is 0 Å². The minimum absolute atomic E-state index is 0.135. The molecule has 0 aliphatic rings. The number of unbranched alkanes of at least 4 members (excludes halogenated alkanes) is 1. The number of ketones is 1. The number of rotatable bonds is 8. The minimum atomic E-state index is -1.42. The second kappa shape index (κ2) is 8.73. The first-order valence-corrected chi connectivity index (χ1v) is 5.94. The molecule has 0 N–H and O–H groups in total. The van der Waals surface area contributed by atoms with E-state index >= 15 is 0 Å². The number of esters is 2. The number of Topliss-reactive ketones (excluding diaryl/α,β-unsaturated/α-hetero) is 1. The van der Waals surface area contributed by atoms with Crippen molar-refractivity contribution in [3.63, 3.8) is 0 Å². The van der Waals surface area contributed by atoms with Crippen LogP contribution in [0.2, 0.25) is 0 Å². The monoisotopic (exact) mass is 244 g/mol. The van der Waals surface area contributed by atoms with Gasteiger partial charge in [0.2, 0.25) is 5.92 Å². The quantitative estimate of drug-likeness (QED) is 0.478. The molecule has 0 atom stereocenters. The van der Waals surface area contributed by atoms with Gasteiger partial charge in [0.25, 0.3) is 0 Å². The van der Waals surface area contributed by atoms with Gasteiger partial charge < -0.3 is 9.47 Å². The zero-order chi connectivity index (χ0) is 13.3. The second-order valence-electron chi connectivity index (χ2n) is 3.51. The maximum atomic E-state index is 11.7. The average Bonchev–Trinajstić information content (AvgIpc) is 2.27. The zero-order valence-electron chi connectivity index (χ0n) is 10.7.